The number of aromatic carboxylic acids is 2. The molecular formula is C21H14O10S. The summed E-state index contributed by atoms with van der Waals surface area (Å²) in [4.78, 5) is 34.7. The van der Waals surface area contributed by atoms with E-state index in [0.29, 0.717) is 0 Å². The van der Waals surface area contributed by atoms with Gasteiger partial charge < -0.3 is 25.2 Å². The van der Waals surface area contributed by atoms with Crippen LogP contribution in [0.1, 0.15) is 31.1 Å². The maximum Gasteiger partial charge on any atom is 0.344 e. The van der Waals surface area contributed by atoms with Crippen molar-refractivity contribution in [2.45, 2.75) is 9.79 Å². The van der Waals surface area contributed by atoms with Crippen molar-refractivity contribution in [3.05, 3.63) is 77.4 Å². The van der Waals surface area contributed by atoms with E-state index in [2.05, 4.69) is 0 Å². The number of rotatable bonds is 6. The van der Waals surface area contributed by atoms with Gasteiger partial charge in [-0.3, -0.25) is 0 Å². The smallest absolute Gasteiger partial charge is 0.344 e. The van der Waals surface area contributed by atoms with Crippen molar-refractivity contribution in [3.8, 4) is 17.2 Å². The number of hydrogen-bond donors (Lipinski definition) is 4. The van der Waals surface area contributed by atoms with Crippen LogP contribution in [0.5, 0.6) is 17.2 Å². The number of carboxylic acids is 2. The van der Waals surface area contributed by atoms with Crippen molar-refractivity contribution < 1.29 is 48.0 Å². The predicted octanol–water partition coefficient (Wildman–Crippen LogP) is 2.55. The van der Waals surface area contributed by atoms with Gasteiger partial charge in [-0.1, -0.05) is 24.3 Å². The van der Waals surface area contributed by atoms with Gasteiger partial charge in [-0.15, -0.1) is 0 Å². The van der Waals surface area contributed by atoms with Crippen LogP contribution in [-0.2, 0) is 9.84 Å². The molecule has 0 unspecified atom stereocenters. The van der Waals surface area contributed by atoms with E-state index >= 15 is 0 Å². The van der Waals surface area contributed by atoms with Gasteiger partial charge in [-0.2, -0.15) is 0 Å². The van der Waals surface area contributed by atoms with E-state index in [1.807, 2.05) is 0 Å². The number of phenolic OH excluding ortho intramolecular Hbond substituents is 1. The first-order valence-electron chi connectivity index (χ1n) is 8.72. The lowest BCUT2D eigenvalue weighted by Crippen LogP contribution is -2.19. The molecule has 3 aromatic carbocycles. The predicted molar refractivity (Wildman–Crippen MR) is 107 cm³/mol. The topological polar surface area (TPSA) is 175 Å². The van der Waals surface area contributed by atoms with Crippen LogP contribution in [0.3, 0.4) is 0 Å². The average molecular weight is 458 g/mol. The standard InChI is InChI=1S/C21H14O10S/c22-12-5-1-3-7-15(12)32(29,30)16-8-4-2-6-14(16)31-21(28)11-9-10-13(23)18(20(26)27)17(11)19(24)25/h1-10,22-23H,(H,24,25)(H,26,27). The minimum atomic E-state index is -4.36. The molecule has 4 N–H and O–H groups in total. The number of aromatic hydroxyl groups is 2. The van der Waals surface area contributed by atoms with Crippen LogP contribution in [0.15, 0.2) is 70.5 Å². The molecule has 0 spiro atoms. The number of sulfone groups is 1. The number of phenols is 2. The van der Waals surface area contributed by atoms with Gasteiger partial charge >= 0.3 is 17.9 Å². The summed E-state index contributed by atoms with van der Waals surface area (Å²) in [6, 6.07) is 11.7. The molecule has 0 atom stereocenters. The molecule has 0 fully saturated rings. The lowest BCUT2D eigenvalue weighted by atomic mass is 10.00. The van der Waals surface area contributed by atoms with Gasteiger partial charge in [0, 0.05) is 0 Å². The summed E-state index contributed by atoms with van der Waals surface area (Å²) in [5.41, 5.74) is -2.77. The van der Waals surface area contributed by atoms with Crippen LogP contribution in [0, 0.1) is 0 Å². The molecule has 3 aromatic rings. The second-order valence-electron chi connectivity index (χ2n) is 6.30. The van der Waals surface area contributed by atoms with Crippen molar-refractivity contribution in [1.29, 1.82) is 0 Å². The largest absolute Gasteiger partial charge is 0.507 e. The van der Waals surface area contributed by atoms with Crippen LogP contribution in [0.4, 0.5) is 0 Å². The molecule has 11 heteroatoms. The van der Waals surface area contributed by atoms with Gasteiger partial charge in [0.25, 0.3) is 0 Å². The number of carbonyl (C=O) groups is 3. The monoisotopic (exact) mass is 458 g/mol. The highest BCUT2D eigenvalue weighted by Gasteiger charge is 2.30. The summed E-state index contributed by atoms with van der Waals surface area (Å²) in [6.45, 7) is 0. The SMILES string of the molecule is O=C(Oc1ccccc1S(=O)(=O)c1ccccc1O)c1ccc(O)c(C(=O)O)c1C(=O)O. The van der Waals surface area contributed by atoms with Crippen molar-refractivity contribution in [2.75, 3.05) is 0 Å². The second kappa shape index (κ2) is 8.40. The fraction of sp³-hybridized carbons (Fsp3) is 0. The van der Waals surface area contributed by atoms with Crippen molar-refractivity contribution in [1.82, 2.24) is 0 Å². The Morgan fingerprint density at radius 1 is 0.688 bits per heavy atom. The number of ether oxygens (including phenoxy) is 1. The average Bonchev–Trinajstić information content (AvgIpc) is 2.73. The minimum absolute atomic E-state index is 0.451. The molecule has 0 radical (unpaired) electrons. The van der Waals surface area contributed by atoms with Crippen LogP contribution in [0.25, 0.3) is 0 Å². The molecule has 0 heterocycles. The van der Waals surface area contributed by atoms with Crippen molar-refractivity contribution in [3.63, 3.8) is 0 Å². The maximum atomic E-state index is 13.0. The van der Waals surface area contributed by atoms with E-state index in [0.717, 1.165) is 36.4 Å². The number of carbonyl (C=O) groups excluding carboxylic acids is 1. The Bertz CT molecular complexity index is 1360. The lowest BCUT2D eigenvalue weighted by Gasteiger charge is -2.13. The van der Waals surface area contributed by atoms with Crippen molar-refractivity contribution in [2.24, 2.45) is 0 Å². The number of benzene rings is 3. The van der Waals surface area contributed by atoms with E-state index in [1.165, 1.54) is 24.3 Å². The third-order valence-corrected chi connectivity index (χ3v) is 6.17. The highest BCUT2D eigenvalue weighted by Crippen LogP contribution is 2.34. The number of para-hydroxylation sites is 2. The Balaban J connectivity index is 2.11. The molecule has 3 rings (SSSR count). The van der Waals surface area contributed by atoms with E-state index in [1.54, 1.807) is 0 Å². The minimum Gasteiger partial charge on any atom is -0.507 e. The lowest BCUT2D eigenvalue weighted by molar-refractivity contribution is 0.0637. The van der Waals surface area contributed by atoms with Gasteiger partial charge in [-0.05, 0) is 36.4 Å². The van der Waals surface area contributed by atoms with Crippen LogP contribution < -0.4 is 4.74 Å². The third-order valence-electron chi connectivity index (χ3n) is 4.33. The maximum absolute atomic E-state index is 13.0. The molecular weight excluding hydrogens is 444 g/mol. The molecule has 0 aromatic heterocycles. The van der Waals surface area contributed by atoms with Crippen LogP contribution in [0.2, 0.25) is 0 Å². The summed E-state index contributed by atoms with van der Waals surface area (Å²) < 4.78 is 31.1. The summed E-state index contributed by atoms with van der Waals surface area (Å²) >= 11 is 0. The first-order valence-corrected chi connectivity index (χ1v) is 10.2. The third kappa shape index (κ3) is 3.96. The van der Waals surface area contributed by atoms with E-state index in [-0.39, 0.29) is 0 Å². The summed E-state index contributed by atoms with van der Waals surface area (Å²) in [7, 11) is -4.36. The molecule has 0 bridgehead atoms. The number of esters is 1. The fourth-order valence-electron chi connectivity index (χ4n) is 2.91. The Hall–Kier alpha value is -4.38. The second-order valence-corrected chi connectivity index (χ2v) is 8.19. The van der Waals surface area contributed by atoms with E-state index in [9.17, 15) is 43.2 Å². The Morgan fingerprint density at radius 2 is 1.25 bits per heavy atom. The highest BCUT2D eigenvalue weighted by atomic mass is 32.2. The molecule has 0 aliphatic rings. The zero-order valence-electron chi connectivity index (χ0n) is 15.9. The highest BCUT2D eigenvalue weighted by molar-refractivity contribution is 7.91. The Kier molecular flexibility index (Phi) is 5.85. The van der Waals surface area contributed by atoms with E-state index in [4.69, 9.17) is 4.74 Å². The molecule has 10 nitrogen and oxygen atoms in total. The number of carboxylic acid groups (broad SMARTS) is 2. The fourth-order valence-corrected chi connectivity index (χ4v) is 4.38. The molecule has 0 aliphatic carbocycles. The zero-order chi connectivity index (χ0) is 23.6. The molecule has 0 saturated carbocycles. The molecule has 0 saturated heterocycles. The first-order chi connectivity index (χ1) is 15.1. The van der Waals surface area contributed by atoms with Crippen LogP contribution in [-0.4, -0.2) is 46.8 Å². The number of hydrogen-bond acceptors (Lipinski definition) is 8. The summed E-state index contributed by atoms with van der Waals surface area (Å²) in [5.74, 6) is -6.88. The Labute approximate surface area is 180 Å². The summed E-state index contributed by atoms with van der Waals surface area (Å²) in [6.07, 6.45) is 0. The van der Waals surface area contributed by atoms with Gasteiger partial charge in [0.1, 0.15) is 32.6 Å². The molecule has 164 valence electrons. The molecule has 0 amide bonds. The molecule has 32 heavy (non-hydrogen) atoms. The van der Waals surface area contributed by atoms with Crippen molar-refractivity contribution >= 4 is 27.7 Å². The quantitative estimate of drug-likeness (QED) is 0.317. The summed E-state index contributed by atoms with van der Waals surface area (Å²) in [5, 5.41) is 38.3. The van der Waals surface area contributed by atoms with Crippen LogP contribution >= 0.6 is 0 Å². The first kappa shape index (κ1) is 22.3. The van der Waals surface area contributed by atoms with Gasteiger partial charge in [0.05, 0.1) is 11.1 Å². The zero-order valence-corrected chi connectivity index (χ0v) is 16.7. The normalized spacial score (nSPS) is 11.0. The molecule has 0 aliphatic heterocycles. The van der Waals surface area contributed by atoms with E-state index < -0.39 is 71.5 Å². The van der Waals surface area contributed by atoms with Gasteiger partial charge in [0.2, 0.25) is 9.84 Å². The Morgan fingerprint density at radius 3 is 1.84 bits per heavy atom. The van der Waals surface area contributed by atoms with Gasteiger partial charge in [-0.25, -0.2) is 22.8 Å². The van der Waals surface area contributed by atoms with Gasteiger partial charge in [0.15, 0.2) is 0 Å².